The minimum absolute atomic E-state index is 0.680. The van der Waals surface area contributed by atoms with E-state index in [1.807, 2.05) is 13.0 Å². The molecule has 0 bridgehead atoms. The molecule has 0 atom stereocenters. The highest BCUT2D eigenvalue weighted by Gasteiger charge is 2.16. The monoisotopic (exact) mass is 308 g/mol. The van der Waals surface area contributed by atoms with Crippen LogP contribution in [0.25, 0.3) is 0 Å². The van der Waals surface area contributed by atoms with Crippen LogP contribution in [0.1, 0.15) is 5.56 Å². The summed E-state index contributed by atoms with van der Waals surface area (Å²) in [6, 6.07) is 1.97. The molecule has 2 saturated heterocycles. The van der Waals surface area contributed by atoms with Gasteiger partial charge in [0.25, 0.3) is 0 Å². The summed E-state index contributed by atoms with van der Waals surface area (Å²) >= 11 is 0. The van der Waals surface area contributed by atoms with Crippen molar-refractivity contribution in [3.05, 3.63) is 11.6 Å². The standard InChI is InChI=1S/C14H24N6O2/c1-11-10-12(17-19-2-6-21-7-3-19)16-14(13(11)15)18-20-4-8-22-9-5-20/h10H,2-9,15H2,1H3,(H2,16,17,18). The fraction of sp³-hybridized carbons (Fsp3) is 0.643. The molecule has 3 rings (SSSR count). The lowest BCUT2D eigenvalue weighted by Crippen LogP contribution is -2.41. The van der Waals surface area contributed by atoms with Gasteiger partial charge in [0.2, 0.25) is 0 Å². The van der Waals surface area contributed by atoms with Crippen LogP contribution in [0.2, 0.25) is 0 Å². The van der Waals surface area contributed by atoms with Crippen molar-refractivity contribution in [1.82, 2.24) is 15.0 Å². The van der Waals surface area contributed by atoms with Crippen LogP contribution >= 0.6 is 0 Å². The normalized spacial score (nSPS) is 20.8. The van der Waals surface area contributed by atoms with Crippen molar-refractivity contribution in [2.75, 3.05) is 69.2 Å². The second-order valence-corrected chi connectivity index (χ2v) is 5.51. The Morgan fingerprint density at radius 2 is 1.55 bits per heavy atom. The topological polar surface area (TPSA) is 87.9 Å². The molecule has 1 aromatic heterocycles. The molecule has 0 unspecified atom stereocenters. The molecule has 22 heavy (non-hydrogen) atoms. The van der Waals surface area contributed by atoms with Gasteiger partial charge in [-0.3, -0.25) is 0 Å². The van der Waals surface area contributed by atoms with Crippen molar-refractivity contribution < 1.29 is 9.47 Å². The molecule has 8 nitrogen and oxygen atoms in total. The van der Waals surface area contributed by atoms with Crippen molar-refractivity contribution in [1.29, 1.82) is 0 Å². The van der Waals surface area contributed by atoms with E-state index in [9.17, 15) is 0 Å². The summed E-state index contributed by atoms with van der Waals surface area (Å²) < 4.78 is 10.7. The predicted molar refractivity (Wildman–Crippen MR) is 85.4 cm³/mol. The van der Waals surface area contributed by atoms with E-state index in [1.54, 1.807) is 0 Å². The van der Waals surface area contributed by atoms with Gasteiger partial charge in [-0.2, -0.15) is 0 Å². The Bertz CT molecular complexity index is 500. The number of aromatic nitrogens is 1. The first-order valence-corrected chi connectivity index (χ1v) is 7.68. The predicted octanol–water partition coefficient (Wildman–Crippen LogP) is 0.290. The summed E-state index contributed by atoms with van der Waals surface area (Å²) in [5.41, 5.74) is 14.5. The number of rotatable bonds is 4. The second-order valence-electron chi connectivity index (χ2n) is 5.51. The maximum Gasteiger partial charge on any atom is 0.166 e. The van der Waals surface area contributed by atoms with E-state index in [0.29, 0.717) is 11.5 Å². The zero-order valence-corrected chi connectivity index (χ0v) is 13.0. The van der Waals surface area contributed by atoms with Gasteiger partial charge in [0, 0.05) is 26.2 Å². The van der Waals surface area contributed by atoms with Gasteiger partial charge in [0.05, 0.1) is 32.1 Å². The highest BCUT2D eigenvalue weighted by atomic mass is 16.5. The minimum Gasteiger partial charge on any atom is -0.395 e. The minimum atomic E-state index is 0.680. The van der Waals surface area contributed by atoms with Crippen LogP contribution in [0.3, 0.4) is 0 Å². The second kappa shape index (κ2) is 7.10. The molecule has 3 heterocycles. The Kier molecular flexibility index (Phi) is 4.94. The number of hydrogen-bond acceptors (Lipinski definition) is 8. The molecule has 0 aliphatic carbocycles. The van der Waals surface area contributed by atoms with Crippen LogP contribution in [0.15, 0.2) is 6.07 Å². The maximum atomic E-state index is 6.16. The van der Waals surface area contributed by atoms with E-state index in [4.69, 9.17) is 15.2 Å². The van der Waals surface area contributed by atoms with Crippen LogP contribution in [0, 0.1) is 6.92 Å². The zero-order valence-electron chi connectivity index (χ0n) is 13.0. The Labute approximate surface area is 130 Å². The number of pyridine rings is 1. The molecule has 0 spiro atoms. The molecule has 122 valence electrons. The number of nitrogens with two attached hydrogens (primary N) is 1. The average molecular weight is 308 g/mol. The lowest BCUT2D eigenvalue weighted by molar-refractivity contribution is 0.0490. The Morgan fingerprint density at radius 3 is 2.14 bits per heavy atom. The summed E-state index contributed by atoms with van der Waals surface area (Å²) in [5, 5.41) is 4.19. The number of aryl methyl sites for hydroxylation is 1. The van der Waals surface area contributed by atoms with E-state index >= 15 is 0 Å². The highest BCUT2D eigenvalue weighted by Crippen LogP contribution is 2.24. The summed E-state index contributed by atoms with van der Waals surface area (Å²) in [5.74, 6) is 1.49. The Balaban J connectivity index is 1.70. The summed E-state index contributed by atoms with van der Waals surface area (Å²) in [4.78, 5) is 4.61. The first-order chi connectivity index (χ1) is 10.7. The Hall–Kier alpha value is -1.61. The van der Waals surface area contributed by atoms with Gasteiger partial charge in [-0.05, 0) is 18.6 Å². The number of nitrogens with zero attached hydrogens (tertiary/aromatic N) is 3. The average Bonchev–Trinajstić information content (AvgIpc) is 2.54. The van der Waals surface area contributed by atoms with Gasteiger partial charge < -0.3 is 26.1 Å². The first-order valence-electron chi connectivity index (χ1n) is 7.68. The molecule has 4 N–H and O–H groups in total. The quantitative estimate of drug-likeness (QED) is 0.731. The van der Waals surface area contributed by atoms with Gasteiger partial charge in [0.15, 0.2) is 5.82 Å². The third-order valence-corrected chi connectivity index (χ3v) is 3.82. The number of nitrogen functional groups attached to an aromatic ring is 1. The molecule has 1 aromatic rings. The van der Waals surface area contributed by atoms with Crippen LogP contribution in [0.4, 0.5) is 17.3 Å². The Morgan fingerprint density at radius 1 is 1.00 bits per heavy atom. The number of anilines is 3. The van der Waals surface area contributed by atoms with E-state index in [2.05, 4.69) is 25.9 Å². The van der Waals surface area contributed by atoms with Crippen molar-refractivity contribution in [3.8, 4) is 0 Å². The van der Waals surface area contributed by atoms with Crippen LogP contribution in [-0.2, 0) is 9.47 Å². The summed E-state index contributed by atoms with van der Waals surface area (Å²) in [6.45, 7) is 8.23. The highest BCUT2D eigenvalue weighted by molar-refractivity contribution is 5.68. The van der Waals surface area contributed by atoms with Crippen molar-refractivity contribution in [3.63, 3.8) is 0 Å². The van der Waals surface area contributed by atoms with E-state index in [1.165, 1.54) is 0 Å². The smallest absolute Gasteiger partial charge is 0.166 e. The van der Waals surface area contributed by atoms with Gasteiger partial charge in [-0.25, -0.2) is 15.0 Å². The van der Waals surface area contributed by atoms with Crippen molar-refractivity contribution in [2.45, 2.75) is 6.92 Å². The van der Waals surface area contributed by atoms with E-state index in [0.717, 1.165) is 64.0 Å². The van der Waals surface area contributed by atoms with Crippen LogP contribution < -0.4 is 16.6 Å². The van der Waals surface area contributed by atoms with Crippen molar-refractivity contribution >= 4 is 17.3 Å². The largest absolute Gasteiger partial charge is 0.395 e. The lowest BCUT2D eigenvalue weighted by Gasteiger charge is -2.30. The lowest BCUT2D eigenvalue weighted by atomic mass is 10.2. The molecule has 0 amide bonds. The van der Waals surface area contributed by atoms with Gasteiger partial charge in [0.1, 0.15) is 5.82 Å². The number of ether oxygens (including phenoxy) is 2. The molecular formula is C14H24N6O2. The summed E-state index contributed by atoms with van der Waals surface area (Å²) in [7, 11) is 0. The zero-order chi connectivity index (χ0) is 15.4. The first kappa shape index (κ1) is 15.3. The third-order valence-electron chi connectivity index (χ3n) is 3.82. The molecule has 8 heteroatoms. The fourth-order valence-electron chi connectivity index (χ4n) is 2.49. The SMILES string of the molecule is Cc1cc(NN2CCOCC2)nc(NN2CCOCC2)c1N. The van der Waals surface area contributed by atoms with E-state index in [-0.39, 0.29) is 0 Å². The number of morpholine rings is 2. The molecule has 0 aromatic carbocycles. The van der Waals surface area contributed by atoms with Crippen LogP contribution in [0.5, 0.6) is 0 Å². The molecular weight excluding hydrogens is 284 g/mol. The van der Waals surface area contributed by atoms with Crippen molar-refractivity contribution in [2.24, 2.45) is 0 Å². The third kappa shape index (κ3) is 3.77. The van der Waals surface area contributed by atoms with Gasteiger partial charge >= 0.3 is 0 Å². The van der Waals surface area contributed by atoms with Gasteiger partial charge in [-0.1, -0.05) is 0 Å². The fourth-order valence-corrected chi connectivity index (χ4v) is 2.49. The maximum absolute atomic E-state index is 6.16. The number of hydrogen-bond donors (Lipinski definition) is 3. The summed E-state index contributed by atoms with van der Waals surface area (Å²) in [6.07, 6.45) is 0. The van der Waals surface area contributed by atoms with Gasteiger partial charge in [-0.15, -0.1) is 0 Å². The molecule has 2 fully saturated rings. The number of hydrazine groups is 2. The van der Waals surface area contributed by atoms with Crippen LogP contribution in [-0.4, -0.2) is 67.6 Å². The molecule has 2 aliphatic heterocycles. The molecule has 0 saturated carbocycles. The molecule has 0 radical (unpaired) electrons. The molecule has 2 aliphatic rings. The van der Waals surface area contributed by atoms with E-state index < -0.39 is 0 Å². The number of nitrogens with one attached hydrogen (secondary N) is 2.